The first-order chi connectivity index (χ1) is 6.94. The number of nitriles is 1. The van der Waals surface area contributed by atoms with E-state index in [9.17, 15) is 0 Å². The lowest BCUT2D eigenvalue weighted by Gasteiger charge is -2.19. The summed E-state index contributed by atoms with van der Waals surface area (Å²) in [5.74, 6) is 0.614. The number of pyridine rings is 1. The maximum absolute atomic E-state index is 8.81. The van der Waals surface area contributed by atoms with Gasteiger partial charge in [0.2, 0.25) is 6.20 Å². The van der Waals surface area contributed by atoms with E-state index in [2.05, 4.69) is 0 Å². The Balaban J connectivity index is 3.03. The van der Waals surface area contributed by atoms with E-state index in [0.29, 0.717) is 11.3 Å². The van der Waals surface area contributed by atoms with Crippen LogP contribution in [0.2, 0.25) is 0 Å². The lowest BCUT2D eigenvalue weighted by Crippen LogP contribution is -2.40. The molecular weight excluding hydrogens is 192 g/mol. The molecule has 0 atom stereocenters. The fourth-order valence-electron chi connectivity index (χ4n) is 1.10. The summed E-state index contributed by atoms with van der Waals surface area (Å²) in [4.78, 5) is 5.00. The van der Waals surface area contributed by atoms with Crippen LogP contribution < -0.4 is 14.3 Å². The van der Waals surface area contributed by atoms with Crippen LogP contribution in [0.15, 0.2) is 18.5 Å². The molecular formula is C11H15N2O2+. The van der Waals surface area contributed by atoms with Crippen molar-refractivity contribution < 1.29 is 14.3 Å². The van der Waals surface area contributed by atoms with Gasteiger partial charge >= 0.3 is 0 Å². The number of ether oxygens (including phenoxy) is 1. The standard InChI is InChI=1S/C11H15N2O2/c1-11(2,3)15-10-5-9(6-12)7-13(8-10)14-4/h5,7-8H,1-4H3/q+1. The van der Waals surface area contributed by atoms with Gasteiger partial charge in [-0.05, 0) is 20.8 Å². The van der Waals surface area contributed by atoms with Gasteiger partial charge < -0.3 is 4.74 Å². The highest BCUT2D eigenvalue weighted by atomic mass is 16.6. The molecule has 0 amide bonds. The molecule has 0 N–H and O–H groups in total. The first-order valence-electron chi connectivity index (χ1n) is 4.64. The molecule has 0 fully saturated rings. The van der Waals surface area contributed by atoms with E-state index < -0.39 is 0 Å². The predicted molar refractivity (Wildman–Crippen MR) is 54.2 cm³/mol. The van der Waals surface area contributed by atoms with Crippen molar-refractivity contribution in [1.29, 1.82) is 5.26 Å². The van der Waals surface area contributed by atoms with Crippen molar-refractivity contribution in [3.8, 4) is 11.8 Å². The van der Waals surface area contributed by atoms with Crippen LogP contribution in [-0.4, -0.2) is 12.7 Å². The van der Waals surface area contributed by atoms with Gasteiger partial charge in [0.05, 0.1) is 0 Å². The summed E-state index contributed by atoms with van der Waals surface area (Å²) in [7, 11) is 1.53. The number of hydrogen-bond acceptors (Lipinski definition) is 3. The van der Waals surface area contributed by atoms with E-state index >= 15 is 0 Å². The normalized spacial score (nSPS) is 10.6. The summed E-state index contributed by atoms with van der Waals surface area (Å²) >= 11 is 0. The summed E-state index contributed by atoms with van der Waals surface area (Å²) in [6.07, 6.45) is 3.28. The van der Waals surface area contributed by atoms with E-state index in [1.54, 1.807) is 18.5 Å². The Bertz CT molecular complexity index is 389. The van der Waals surface area contributed by atoms with Gasteiger partial charge in [0.25, 0.3) is 6.20 Å². The molecule has 4 heteroatoms. The van der Waals surface area contributed by atoms with Gasteiger partial charge in [0.15, 0.2) is 5.75 Å². The summed E-state index contributed by atoms with van der Waals surface area (Å²) < 4.78 is 7.08. The maximum atomic E-state index is 8.81. The lowest BCUT2D eigenvalue weighted by molar-refractivity contribution is -0.885. The first-order valence-corrected chi connectivity index (χ1v) is 4.64. The Hall–Kier alpha value is -1.76. The van der Waals surface area contributed by atoms with E-state index in [1.807, 2.05) is 26.8 Å². The Kier molecular flexibility index (Phi) is 3.15. The minimum atomic E-state index is -0.292. The zero-order chi connectivity index (χ0) is 11.5. The largest absolute Gasteiger partial charge is 0.482 e. The smallest absolute Gasteiger partial charge is 0.264 e. The average molecular weight is 207 g/mol. The zero-order valence-corrected chi connectivity index (χ0v) is 9.44. The molecule has 15 heavy (non-hydrogen) atoms. The van der Waals surface area contributed by atoms with Crippen LogP contribution in [0.4, 0.5) is 0 Å². The molecule has 0 saturated carbocycles. The number of nitrogens with zero attached hydrogens (tertiary/aromatic N) is 2. The van der Waals surface area contributed by atoms with Gasteiger partial charge in [-0.25, -0.2) is 0 Å². The Morgan fingerprint density at radius 3 is 2.47 bits per heavy atom. The molecule has 0 bridgehead atoms. The van der Waals surface area contributed by atoms with Crippen LogP contribution in [0.1, 0.15) is 26.3 Å². The molecule has 1 rings (SSSR count). The third-order valence-electron chi connectivity index (χ3n) is 1.58. The number of hydrogen-bond donors (Lipinski definition) is 0. The topological polar surface area (TPSA) is 46.1 Å². The van der Waals surface area contributed by atoms with E-state index in [0.717, 1.165) is 0 Å². The van der Waals surface area contributed by atoms with E-state index in [-0.39, 0.29) is 5.60 Å². The molecule has 1 aromatic rings. The highest BCUT2D eigenvalue weighted by Gasteiger charge is 2.16. The second-order valence-electron chi connectivity index (χ2n) is 4.13. The first kappa shape index (κ1) is 11.3. The second-order valence-corrected chi connectivity index (χ2v) is 4.13. The van der Waals surface area contributed by atoms with Crippen LogP contribution >= 0.6 is 0 Å². The summed E-state index contributed by atoms with van der Waals surface area (Å²) in [6, 6.07) is 3.73. The van der Waals surface area contributed by atoms with Gasteiger partial charge in [-0.15, -0.1) is 0 Å². The predicted octanol–water partition coefficient (Wildman–Crippen LogP) is 1.08. The molecule has 80 valence electrons. The Morgan fingerprint density at radius 2 is 2.00 bits per heavy atom. The van der Waals surface area contributed by atoms with Crippen LogP contribution in [0.3, 0.4) is 0 Å². The Labute approximate surface area is 89.6 Å². The van der Waals surface area contributed by atoms with Gasteiger partial charge in [-0.3, -0.25) is 4.84 Å². The summed E-state index contributed by atoms with van der Waals surface area (Å²) in [5, 5.41) is 8.81. The van der Waals surface area contributed by atoms with Crippen molar-refractivity contribution in [2.45, 2.75) is 26.4 Å². The van der Waals surface area contributed by atoms with Crippen LogP contribution in [0.25, 0.3) is 0 Å². The number of rotatable bonds is 2. The van der Waals surface area contributed by atoms with Crippen molar-refractivity contribution in [2.75, 3.05) is 7.11 Å². The molecule has 0 spiro atoms. The fraction of sp³-hybridized carbons (Fsp3) is 0.455. The minimum absolute atomic E-state index is 0.292. The average Bonchev–Trinajstić information content (AvgIpc) is 2.14. The molecule has 0 aliphatic rings. The van der Waals surface area contributed by atoms with Gasteiger partial charge in [0.1, 0.15) is 24.3 Å². The molecule has 0 aliphatic carbocycles. The minimum Gasteiger partial charge on any atom is -0.482 e. The molecule has 0 unspecified atom stereocenters. The third kappa shape index (κ3) is 3.47. The quantitative estimate of drug-likeness (QED) is 0.682. The monoisotopic (exact) mass is 207 g/mol. The van der Waals surface area contributed by atoms with Crippen molar-refractivity contribution >= 4 is 0 Å². The zero-order valence-electron chi connectivity index (χ0n) is 9.44. The van der Waals surface area contributed by atoms with Crippen molar-refractivity contribution in [2.24, 2.45) is 0 Å². The molecule has 1 heterocycles. The van der Waals surface area contributed by atoms with E-state index in [4.69, 9.17) is 14.8 Å². The van der Waals surface area contributed by atoms with Crippen LogP contribution in [0.5, 0.6) is 5.75 Å². The number of aromatic nitrogens is 1. The Morgan fingerprint density at radius 1 is 1.33 bits per heavy atom. The molecule has 0 radical (unpaired) electrons. The summed E-state index contributed by atoms with van der Waals surface area (Å²) in [6.45, 7) is 5.84. The van der Waals surface area contributed by atoms with Gasteiger partial charge in [0, 0.05) is 10.8 Å². The molecule has 0 saturated heterocycles. The van der Waals surface area contributed by atoms with Crippen LogP contribution in [0, 0.1) is 11.3 Å². The molecule has 4 nitrogen and oxygen atoms in total. The van der Waals surface area contributed by atoms with E-state index in [1.165, 1.54) is 11.8 Å². The summed E-state index contributed by atoms with van der Waals surface area (Å²) in [5.41, 5.74) is 0.207. The van der Waals surface area contributed by atoms with Crippen molar-refractivity contribution in [3.63, 3.8) is 0 Å². The molecule has 0 aliphatic heterocycles. The lowest BCUT2D eigenvalue weighted by atomic mass is 10.2. The fourth-order valence-corrected chi connectivity index (χ4v) is 1.10. The van der Waals surface area contributed by atoms with Crippen LogP contribution in [-0.2, 0) is 0 Å². The highest BCUT2D eigenvalue weighted by molar-refractivity contribution is 5.30. The van der Waals surface area contributed by atoms with Crippen molar-refractivity contribution in [1.82, 2.24) is 0 Å². The third-order valence-corrected chi connectivity index (χ3v) is 1.58. The maximum Gasteiger partial charge on any atom is 0.264 e. The molecule has 0 aromatic carbocycles. The second kappa shape index (κ2) is 4.18. The van der Waals surface area contributed by atoms with Gasteiger partial charge in [-0.1, -0.05) is 0 Å². The molecule has 1 aromatic heterocycles. The SMILES string of the molecule is CO[n+]1cc(C#N)cc(OC(C)(C)C)c1. The van der Waals surface area contributed by atoms with Crippen molar-refractivity contribution in [3.05, 3.63) is 24.0 Å². The van der Waals surface area contributed by atoms with Gasteiger partial charge in [-0.2, -0.15) is 5.26 Å². The highest BCUT2D eigenvalue weighted by Crippen LogP contribution is 2.16.